The lowest BCUT2D eigenvalue weighted by atomic mass is 10.1. The summed E-state index contributed by atoms with van der Waals surface area (Å²) in [4.78, 5) is 11.3. The zero-order valence-electron chi connectivity index (χ0n) is 9.12. The molecule has 0 atom stereocenters. The van der Waals surface area contributed by atoms with Crippen molar-refractivity contribution in [2.45, 2.75) is 13.3 Å². The first-order valence-electron chi connectivity index (χ1n) is 5.28. The molecular weight excluding hydrogens is 188 g/mol. The molecule has 0 aliphatic carbocycles. The maximum absolute atomic E-state index is 11.3. The van der Waals surface area contributed by atoms with Crippen LogP contribution in [0.15, 0.2) is 36.0 Å². The van der Waals surface area contributed by atoms with Gasteiger partial charge in [0.25, 0.3) is 0 Å². The molecule has 0 saturated carbocycles. The van der Waals surface area contributed by atoms with Crippen molar-refractivity contribution >= 4 is 5.91 Å². The van der Waals surface area contributed by atoms with Gasteiger partial charge in [-0.05, 0) is 19.9 Å². The SMILES string of the molecule is CC=CC=CC(=O)NCC1=CCNCC1. The fraction of sp³-hybridized carbons (Fsp3) is 0.417. The Kier molecular flexibility index (Phi) is 5.48. The molecule has 0 saturated heterocycles. The normalized spacial score (nSPS) is 17.0. The third-order valence-corrected chi connectivity index (χ3v) is 2.20. The van der Waals surface area contributed by atoms with Crippen LogP contribution < -0.4 is 10.6 Å². The van der Waals surface area contributed by atoms with E-state index in [1.165, 1.54) is 5.57 Å². The molecule has 1 heterocycles. The number of nitrogens with one attached hydrogen (secondary N) is 2. The van der Waals surface area contributed by atoms with Crippen LogP contribution in [0, 0.1) is 0 Å². The maximum Gasteiger partial charge on any atom is 0.244 e. The van der Waals surface area contributed by atoms with Gasteiger partial charge in [0.05, 0.1) is 0 Å². The van der Waals surface area contributed by atoms with Gasteiger partial charge in [-0.2, -0.15) is 0 Å². The predicted molar refractivity (Wildman–Crippen MR) is 62.5 cm³/mol. The van der Waals surface area contributed by atoms with Gasteiger partial charge < -0.3 is 10.6 Å². The summed E-state index contributed by atoms with van der Waals surface area (Å²) in [5, 5.41) is 6.09. The Hall–Kier alpha value is -1.35. The number of allylic oxidation sites excluding steroid dienone is 3. The third kappa shape index (κ3) is 5.18. The van der Waals surface area contributed by atoms with E-state index < -0.39 is 0 Å². The van der Waals surface area contributed by atoms with Crippen LogP contribution >= 0.6 is 0 Å². The highest BCUT2D eigenvalue weighted by Gasteiger charge is 2.03. The Bertz CT molecular complexity index is 290. The van der Waals surface area contributed by atoms with Gasteiger partial charge in [-0.15, -0.1) is 0 Å². The third-order valence-electron chi connectivity index (χ3n) is 2.20. The minimum absolute atomic E-state index is 0.0347. The van der Waals surface area contributed by atoms with E-state index in [2.05, 4.69) is 16.7 Å². The first-order chi connectivity index (χ1) is 7.33. The first-order valence-corrected chi connectivity index (χ1v) is 5.28. The summed E-state index contributed by atoms with van der Waals surface area (Å²) in [7, 11) is 0. The number of hydrogen-bond donors (Lipinski definition) is 2. The Balaban J connectivity index is 2.24. The van der Waals surface area contributed by atoms with E-state index in [4.69, 9.17) is 0 Å². The summed E-state index contributed by atoms with van der Waals surface area (Å²) in [6.45, 7) is 4.51. The lowest BCUT2D eigenvalue weighted by Crippen LogP contribution is -2.28. The van der Waals surface area contributed by atoms with Gasteiger partial charge in [0, 0.05) is 19.2 Å². The van der Waals surface area contributed by atoms with E-state index in [-0.39, 0.29) is 5.91 Å². The quantitative estimate of drug-likeness (QED) is 0.411. The van der Waals surface area contributed by atoms with Gasteiger partial charge in [0.1, 0.15) is 0 Å². The van der Waals surface area contributed by atoms with Crippen LogP contribution in [-0.4, -0.2) is 25.5 Å². The highest BCUT2D eigenvalue weighted by molar-refractivity contribution is 5.87. The molecule has 0 unspecified atom stereocenters. The van der Waals surface area contributed by atoms with E-state index in [0.717, 1.165) is 19.5 Å². The van der Waals surface area contributed by atoms with Gasteiger partial charge in [0.15, 0.2) is 0 Å². The Morgan fingerprint density at radius 3 is 3.13 bits per heavy atom. The van der Waals surface area contributed by atoms with Crippen molar-refractivity contribution in [2.24, 2.45) is 0 Å². The monoisotopic (exact) mass is 206 g/mol. The summed E-state index contributed by atoms with van der Waals surface area (Å²) >= 11 is 0. The molecule has 0 fully saturated rings. The number of amides is 1. The van der Waals surface area contributed by atoms with Crippen LogP contribution in [0.1, 0.15) is 13.3 Å². The molecule has 3 heteroatoms. The fourth-order valence-corrected chi connectivity index (χ4v) is 1.34. The van der Waals surface area contributed by atoms with Crippen molar-refractivity contribution in [3.8, 4) is 0 Å². The molecule has 3 nitrogen and oxygen atoms in total. The van der Waals surface area contributed by atoms with Crippen LogP contribution in [0.3, 0.4) is 0 Å². The van der Waals surface area contributed by atoms with E-state index in [1.54, 1.807) is 12.2 Å². The van der Waals surface area contributed by atoms with Crippen molar-refractivity contribution in [1.29, 1.82) is 0 Å². The summed E-state index contributed by atoms with van der Waals surface area (Å²) in [6, 6.07) is 0. The Labute approximate surface area is 90.9 Å². The number of hydrogen-bond acceptors (Lipinski definition) is 2. The molecule has 15 heavy (non-hydrogen) atoms. The predicted octanol–water partition coefficient (Wildman–Crippen LogP) is 1.15. The Morgan fingerprint density at radius 2 is 2.47 bits per heavy atom. The molecule has 1 rings (SSSR count). The average Bonchev–Trinajstić information content (AvgIpc) is 2.28. The summed E-state index contributed by atoms with van der Waals surface area (Å²) in [5.41, 5.74) is 1.31. The van der Waals surface area contributed by atoms with Crippen molar-refractivity contribution in [3.63, 3.8) is 0 Å². The van der Waals surface area contributed by atoms with E-state index in [1.807, 2.05) is 19.1 Å². The van der Waals surface area contributed by atoms with E-state index >= 15 is 0 Å². The maximum atomic E-state index is 11.3. The lowest BCUT2D eigenvalue weighted by Gasteiger charge is -2.13. The van der Waals surface area contributed by atoms with Gasteiger partial charge >= 0.3 is 0 Å². The smallest absolute Gasteiger partial charge is 0.244 e. The van der Waals surface area contributed by atoms with Gasteiger partial charge in [-0.3, -0.25) is 4.79 Å². The average molecular weight is 206 g/mol. The number of carbonyl (C=O) groups is 1. The second kappa shape index (κ2) is 7.01. The zero-order chi connectivity index (χ0) is 10.9. The molecule has 0 radical (unpaired) electrons. The van der Waals surface area contributed by atoms with Crippen LogP contribution in [-0.2, 0) is 4.79 Å². The molecule has 0 aromatic carbocycles. The Morgan fingerprint density at radius 1 is 1.60 bits per heavy atom. The first kappa shape index (κ1) is 11.7. The molecule has 1 amide bonds. The van der Waals surface area contributed by atoms with Gasteiger partial charge in [-0.1, -0.05) is 29.9 Å². The van der Waals surface area contributed by atoms with Gasteiger partial charge in [-0.25, -0.2) is 0 Å². The summed E-state index contributed by atoms with van der Waals surface area (Å²) < 4.78 is 0. The highest BCUT2D eigenvalue weighted by Crippen LogP contribution is 2.01. The number of rotatable bonds is 4. The topological polar surface area (TPSA) is 41.1 Å². The van der Waals surface area contributed by atoms with Crippen LogP contribution in [0.2, 0.25) is 0 Å². The minimum Gasteiger partial charge on any atom is -0.349 e. The standard InChI is InChI=1S/C12H18N2O/c1-2-3-4-5-12(15)14-10-11-6-8-13-9-7-11/h2-6,13H,7-10H2,1H3,(H,14,15). The second-order valence-corrected chi connectivity index (χ2v) is 3.42. The molecule has 1 aliphatic heterocycles. The molecule has 0 spiro atoms. The van der Waals surface area contributed by atoms with E-state index in [9.17, 15) is 4.79 Å². The largest absolute Gasteiger partial charge is 0.349 e. The molecule has 1 aliphatic rings. The van der Waals surface area contributed by atoms with Crippen molar-refractivity contribution in [2.75, 3.05) is 19.6 Å². The molecule has 0 aromatic heterocycles. The minimum atomic E-state index is -0.0347. The van der Waals surface area contributed by atoms with Crippen molar-refractivity contribution in [1.82, 2.24) is 10.6 Å². The van der Waals surface area contributed by atoms with Crippen LogP contribution in [0.5, 0.6) is 0 Å². The van der Waals surface area contributed by atoms with E-state index in [0.29, 0.717) is 6.54 Å². The van der Waals surface area contributed by atoms with Crippen LogP contribution in [0.4, 0.5) is 0 Å². The number of carbonyl (C=O) groups excluding carboxylic acids is 1. The molecule has 2 N–H and O–H groups in total. The highest BCUT2D eigenvalue weighted by atomic mass is 16.1. The summed E-state index contributed by atoms with van der Waals surface area (Å²) in [5.74, 6) is -0.0347. The van der Waals surface area contributed by atoms with Gasteiger partial charge in [0.2, 0.25) is 5.91 Å². The van der Waals surface area contributed by atoms with Crippen molar-refractivity contribution < 1.29 is 4.79 Å². The van der Waals surface area contributed by atoms with Crippen LogP contribution in [0.25, 0.3) is 0 Å². The zero-order valence-corrected chi connectivity index (χ0v) is 9.12. The summed E-state index contributed by atoms with van der Waals surface area (Å²) in [6.07, 6.45) is 10.2. The molecule has 82 valence electrons. The fourth-order valence-electron chi connectivity index (χ4n) is 1.34. The molecule has 0 aromatic rings. The molecular formula is C12H18N2O. The van der Waals surface area contributed by atoms with Crippen molar-refractivity contribution in [3.05, 3.63) is 36.0 Å². The second-order valence-electron chi connectivity index (χ2n) is 3.42. The molecule has 0 bridgehead atoms. The lowest BCUT2D eigenvalue weighted by molar-refractivity contribution is -0.116.